The molecule has 1 aromatic carbocycles. The molecule has 9 atom stereocenters. The molecule has 1 fully saturated rings. The Morgan fingerprint density at radius 2 is 1.65 bits per heavy atom. The third kappa shape index (κ3) is 9.78. The number of aromatic amines is 1. The van der Waals surface area contributed by atoms with Crippen molar-refractivity contribution < 1.29 is 122 Å². The average Bonchev–Trinajstić information content (AvgIpc) is 3.63. The molecule has 286 valence electrons. The number of aliphatic hydroxyl groups excluding tert-OH is 5. The van der Waals surface area contributed by atoms with Crippen molar-refractivity contribution in [3.05, 3.63) is 56.8 Å². The number of phosphoric ester groups is 2. The molecule has 5 heterocycles. The summed E-state index contributed by atoms with van der Waals surface area (Å²) in [6.45, 7) is 0.570. The third-order valence-corrected chi connectivity index (χ3v) is 10.9. The van der Waals surface area contributed by atoms with E-state index in [0.29, 0.717) is 0 Å². The number of benzene rings is 1. The Morgan fingerprint density at radius 3 is 2.36 bits per heavy atom. The second-order valence-corrected chi connectivity index (χ2v) is 15.0. The molecule has 0 amide bonds. The summed E-state index contributed by atoms with van der Waals surface area (Å²) in [5, 5.41) is 52.9. The summed E-state index contributed by atoms with van der Waals surface area (Å²) in [4.78, 5) is 71.1. The number of phosphoric acid groups is 2. The first-order chi connectivity index (χ1) is 24.9. The number of nitrogen functional groups attached to an aromatic ring is 1. The van der Waals surface area contributed by atoms with Crippen molar-refractivity contribution in [2.75, 3.05) is 18.9 Å². The van der Waals surface area contributed by atoms with Crippen LogP contribution in [0.1, 0.15) is 17.4 Å². The summed E-state index contributed by atoms with van der Waals surface area (Å²) >= 11 is 0. The first-order valence-corrected chi connectivity index (χ1v) is 18.3. The van der Waals surface area contributed by atoms with Crippen molar-refractivity contribution in [3.63, 3.8) is 0 Å². The maximum atomic E-state index is 12.5. The van der Waals surface area contributed by atoms with Crippen molar-refractivity contribution in [1.29, 1.82) is 0 Å². The average molecular weight is 830 g/mol. The van der Waals surface area contributed by atoms with Gasteiger partial charge >= 0.3 is 64.8 Å². The van der Waals surface area contributed by atoms with Gasteiger partial charge in [-0.2, -0.15) is 4.98 Å². The molecule has 0 aliphatic carbocycles. The third-order valence-electron chi connectivity index (χ3n) is 8.38. The normalized spacial score (nSPS) is 22.4. The summed E-state index contributed by atoms with van der Waals surface area (Å²) in [6.07, 6.45) is -10.3. The standard InChI is InChI=1S/C27H33N9O15P2.2Na/c1-10-3-12-13(4-11(10)2)35(24-18(32-12)25(42)34-27(43)33-24)5-14(37)19(39)15(38)6-48-52(44,45)51-53(46,47)49-7-16-20(40)21(41)26(50-16)36-9-31-17-22(28)29-8-30-23(17)36;;/h3-4,8-9,14-16,19-21,26,37-41H,5-7H2,1-2H3,(H,44,45)(H,46,47)(H2,28,29,30)(H,34,42,43);;/q;2*+1/p-2/t14-,15+,16?,19-,20?,21?,26?;;/m1../s1. The fraction of sp³-hybridized carbons (Fsp3) is 0.444. The molecule has 1 saturated heterocycles. The van der Waals surface area contributed by atoms with Gasteiger partial charge < -0.3 is 59.4 Å². The van der Waals surface area contributed by atoms with Gasteiger partial charge in [0, 0.05) is 0 Å². The zero-order valence-corrected chi connectivity index (χ0v) is 35.2. The van der Waals surface area contributed by atoms with Gasteiger partial charge in [0.25, 0.3) is 21.2 Å². The molecule has 6 rings (SSSR count). The zero-order valence-electron chi connectivity index (χ0n) is 29.4. The Kier molecular flexibility index (Phi) is 14.7. The molecule has 6 unspecified atom stereocenters. The van der Waals surface area contributed by atoms with Gasteiger partial charge in [0.05, 0.1) is 37.1 Å². The van der Waals surface area contributed by atoms with E-state index in [4.69, 9.17) is 10.5 Å². The second kappa shape index (κ2) is 17.8. The molecule has 3 aromatic rings. The van der Waals surface area contributed by atoms with Gasteiger partial charge in [-0.1, -0.05) is 0 Å². The SMILES string of the molecule is Cc1cc2nc3c(=O)[nH]c(=O)nc-3n(C[C@@H](O)[C@@H](O)[C@@H](O)COP(=O)([O-])OP(=O)([O-])OCC3OC(n4cnc5c(N)ncnc54)C(O)C3O)c2cc1C.[Na+].[Na+]. The van der Waals surface area contributed by atoms with Crippen LogP contribution in [0.15, 0.2) is 34.4 Å². The number of hydrogen-bond acceptors (Lipinski definition) is 21. The molecular weight excluding hydrogens is 798 g/mol. The smallest absolute Gasteiger partial charge is 0.756 e. The summed E-state index contributed by atoms with van der Waals surface area (Å²) < 4.78 is 45.7. The maximum absolute atomic E-state index is 12.5. The van der Waals surface area contributed by atoms with E-state index in [1.54, 1.807) is 26.0 Å². The number of H-pyrrole nitrogens is 1. The maximum Gasteiger partial charge on any atom is 1.00 e. The number of hydrogen-bond donors (Lipinski definition) is 7. The largest absolute Gasteiger partial charge is 1.00 e. The van der Waals surface area contributed by atoms with Crippen molar-refractivity contribution >= 4 is 43.7 Å². The van der Waals surface area contributed by atoms with Gasteiger partial charge in [-0.05, 0) is 37.1 Å². The number of fused-ring (bicyclic) bond motifs is 3. The molecule has 55 heavy (non-hydrogen) atoms. The van der Waals surface area contributed by atoms with Crippen molar-refractivity contribution in [2.45, 2.75) is 63.2 Å². The Balaban J connectivity index is 0.00000336. The van der Waals surface area contributed by atoms with Crippen molar-refractivity contribution in [2.24, 2.45) is 0 Å². The van der Waals surface area contributed by atoms with Gasteiger partial charge in [0.2, 0.25) is 0 Å². The monoisotopic (exact) mass is 829 g/mol. The Labute approximate surface area is 352 Å². The van der Waals surface area contributed by atoms with Crippen LogP contribution in [0.25, 0.3) is 33.7 Å². The summed E-state index contributed by atoms with van der Waals surface area (Å²) in [7, 11) is -11.6. The van der Waals surface area contributed by atoms with E-state index in [1.165, 1.54) is 15.5 Å². The number of imidazole rings is 1. The molecule has 28 heteroatoms. The van der Waals surface area contributed by atoms with E-state index < -0.39 is 89.5 Å². The van der Waals surface area contributed by atoms with E-state index in [0.717, 1.165) is 17.5 Å². The van der Waals surface area contributed by atoms with Crippen LogP contribution in [0.4, 0.5) is 5.82 Å². The first-order valence-electron chi connectivity index (χ1n) is 15.4. The Bertz CT molecular complexity index is 2370. The number of ether oxygens (including phenoxy) is 1. The molecule has 3 aliphatic rings. The molecule has 0 radical (unpaired) electrons. The molecule has 3 aliphatic heterocycles. The number of nitrogens with two attached hydrogens (primary N) is 1. The van der Waals surface area contributed by atoms with E-state index >= 15 is 0 Å². The minimum atomic E-state index is -5.85. The van der Waals surface area contributed by atoms with Crippen LogP contribution < -0.4 is 85.9 Å². The van der Waals surface area contributed by atoms with Crippen LogP contribution >= 0.6 is 15.6 Å². The summed E-state index contributed by atoms with van der Waals surface area (Å²) in [5.74, 6) is -0.243. The number of aliphatic hydroxyl groups is 5. The quantitative estimate of drug-likeness (QED) is 0.0329. The number of nitrogens with one attached hydrogen (secondary N) is 1. The zero-order chi connectivity index (χ0) is 38.6. The minimum Gasteiger partial charge on any atom is -0.756 e. The van der Waals surface area contributed by atoms with Crippen LogP contribution in [0.3, 0.4) is 0 Å². The number of aromatic nitrogens is 8. The van der Waals surface area contributed by atoms with Crippen LogP contribution in [0, 0.1) is 13.8 Å². The van der Waals surface area contributed by atoms with Crippen molar-refractivity contribution in [1.82, 2.24) is 39.0 Å². The van der Waals surface area contributed by atoms with E-state index in [2.05, 4.69) is 38.3 Å². The minimum absolute atomic E-state index is 0. The first kappa shape index (κ1) is 45.6. The van der Waals surface area contributed by atoms with Gasteiger partial charge in [-0.15, -0.1) is 0 Å². The summed E-state index contributed by atoms with van der Waals surface area (Å²) in [6, 6.07) is 3.27. The molecule has 0 saturated carbocycles. The fourth-order valence-corrected chi connectivity index (χ4v) is 7.56. The number of anilines is 1. The number of nitrogens with zero attached hydrogens (tertiary/aromatic N) is 7. The molecule has 0 bridgehead atoms. The van der Waals surface area contributed by atoms with Crippen LogP contribution in [-0.2, 0) is 33.8 Å². The van der Waals surface area contributed by atoms with E-state index in [9.17, 15) is 54.0 Å². The van der Waals surface area contributed by atoms with Crippen molar-refractivity contribution in [3.8, 4) is 11.5 Å². The molecule has 24 nitrogen and oxygen atoms in total. The predicted molar refractivity (Wildman–Crippen MR) is 172 cm³/mol. The summed E-state index contributed by atoms with van der Waals surface area (Å²) in [5.41, 5.74) is 5.97. The van der Waals surface area contributed by atoms with Crippen LogP contribution in [0.5, 0.6) is 0 Å². The molecule has 8 N–H and O–H groups in total. The molecule has 2 aromatic heterocycles. The number of rotatable bonds is 13. The van der Waals surface area contributed by atoms with E-state index in [1.807, 2.05) is 4.98 Å². The van der Waals surface area contributed by atoms with E-state index in [-0.39, 0.29) is 98.6 Å². The molecule has 0 spiro atoms. The van der Waals surface area contributed by atoms with Gasteiger partial charge in [0.1, 0.15) is 48.5 Å². The Morgan fingerprint density at radius 1 is 0.982 bits per heavy atom. The second-order valence-electron chi connectivity index (χ2n) is 12.0. The van der Waals surface area contributed by atoms with Crippen LogP contribution in [0.2, 0.25) is 0 Å². The topological polar surface area (TPSA) is 369 Å². The van der Waals surface area contributed by atoms with Gasteiger partial charge in [-0.25, -0.2) is 29.0 Å². The number of aryl methyl sites for hydroxylation is 2. The van der Waals surface area contributed by atoms with Crippen LogP contribution in [-0.4, -0.2) is 114 Å². The predicted octanol–water partition coefficient (Wildman–Crippen LogP) is -9.68. The molecular formula is C27H31N9Na2O15P2. The fourth-order valence-electron chi connectivity index (χ4n) is 5.54. The Hall–Kier alpha value is -2.13. The van der Waals surface area contributed by atoms with Gasteiger partial charge in [-0.3, -0.25) is 23.5 Å². The van der Waals surface area contributed by atoms with Gasteiger partial charge in [0.15, 0.2) is 29.2 Å².